The number of hydrogen-bond donors (Lipinski definition) is 2. The van der Waals surface area contributed by atoms with Crippen molar-refractivity contribution in [1.29, 1.82) is 0 Å². The molecule has 3 rings (SSSR count). The third-order valence-corrected chi connectivity index (χ3v) is 6.00. The van der Waals surface area contributed by atoms with Crippen molar-refractivity contribution >= 4 is 21.6 Å². The van der Waals surface area contributed by atoms with Crippen LogP contribution in [0.1, 0.15) is 35.8 Å². The van der Waals surface area contributed by atoms with Crippen LogP contribution in [0.15, 0.2) is 35.3 Å². The van der Waals surface area contributed by atoms with Gasteiger partial charge in [-0.2, -0.15) is 0 Å². The summed E-state index contributed by atoms with van der Waals surface area (Å²) in [6, 6.07) is 6.46. The van der Waals surface area contributed by atoms with Gasteiger partial charge in [-0.1, -0.05) is 0 Å². The molecular formula is C19H24N4O5S. The van der Waals surface area contributed by atoms with Crippen molar-refractivity contribution in [2.24, 2.45) is 0 Å². The predicted molar refractivity (Wildman–Crippen MR) is 109 cm³/mol. The lowest BCUT2D eigenvalue weighted by atomic mass is 10.1. The van der Waals surface area contributed by atoms with Crippen LogP contribution in [0.5, 0.6) is 5.88 Å². The molecule has 0 aliphatic carbocycles. The average Bonchev–Trinajstić information content (AvgIpc) is 2.69. The monoisotopic (exact) mass is 420 g/mol. The molecule has 156 valence electrons. The third-order valence-electron chi connectivity index (χ3n) is 4.69. The van der Waals surface area contributed by atoms with Crippen molar-refractivity contribution in [3.63, 3.8) is 0 Å². The van der Waals surface area contributed by atoms with Crippen molar-refractivity contribution in [3.05, 3.63) is 52.1 Å². The van der Waals surface area contributed by atoms with Gasteiger partial charge in [-0.15, -0.1) is 0 Å². The summed E-state index contributed by atoms with van der Waals surface area (Å²) in [6.07, 6.45) is 2.52. The molecular weight excluding hydrogens is 396 g/mol. The molecule has 1 fully saturated rings. The van der Waals surface area contributed by atoms with E-state index in [-0.39, 0.29) is 28.9 Å². The minimum absolute atomic E-state index is 0.0169. The summed E-state index contributed by atoms with van der Waals surface area (Å²) in [7, 11) is -3.35. The van der Waals surface area contributed by atoms with Crippen LogP contribution >= 0.6 is 0 Å². The van der Waals surface area contributed by atoms with Crippen LogP contribution in [0.3, 0.4) is 0 Å². The fourth-order valence-electron chi connectivity index (χ4n) is 3.02. The molecule has 1 amide bonds. The number of rotatable bonds is 6. The van der Waals surface area contributed by atoms with Crippen molar-refractivity contribution in [2.45, 2.75) is 32.8 Å². The predicted octanol–water partition coefficient (Wildman–Crippen LogP) is 1.52. The number of piperidine rings is 1. The Hall–Kier alpha value is -2.88. The quantitative estimate of drug-likeness (QED) is 0.731. The smallest absolute Gasteiger partial charge is 0.260 e. The molecule has 0 radical (unpaired) electrons. The molecule has 3 heterocycles. The number of pyridine rings is 2. The first-order valence-corrected chi connectivity index (χ1v) is 11.0. The summed E-state index contributed by atoms with van der Waals surface area (Å²) in [6.45, 7) is 4.27. The van der Waals surface area contributed by atoms with E-state index < -0.39 is 10.0 Å². The van der Waals surface area contributed by atoms with Gasteiger partial charge in [-0.3, -0.25) is 14.3 Å². The normalized spacial score (nSPS) is 15.2. The molecule has 1 aliphatic rings. The highest BCUT2D eigenvalue weighted by Crippen LogP contribution is 2.20. The average molecular weight is 420 g/mol. The van der Waals surface area contributed by atoms with Gasteiger partial charge < -0.3 is 14.6 Å². The molecule has 2 aromatic heterocycles. The Balaban J connectivity index is 1.54. The fourth-order valence-corrected chi connectivity index (χ4v) is 3.64. The number of amides is 1. The molecule has 9 nitrogen and oxygen atoms in total. The lowest BCUT2D eigenvalue weighted by Crippen LogP contribution is -2.43. The number of hydrogen-bond acceptors (Lipinski definition) is 6. The second-order valence-electron chi connectivity index (χ2n) is 6.88. The number of nitrogens with one attached hydrogen (secondary N) is 2. The number of anilines is 1. The first-order valence-electron chi connectivity index (χ1n) is 9.40. The van der Waals surface area contributed by atoms with Gasteiger partial charge in [0.15, 0.2) is 0 Å². The number of aromatic nitrogens is 2. The summed E-state index contributed by atoms with van der Waals surface area (Å²) in [5.41, 5.74) is 0.848. The standard InChI is InChI=1S/C19H24N4O5S/c1-3-29(26,27)22-14-5-7-17(20-12-14)28-15-8-10-23(11-9-15)19(25)16-6-4-13(2)21-18(16)24/h4-7,12,15,22H,3,8-11H2,1-2H3,(H,21,24). The van der Waals surface area contributed by atoms with E-state index in [4.69, 9.17) is 4.74 Å². The van der Waals surface area contributed by atoms with Crippen molar-refractivity contribution < 1.29 is 17.9 Å². The van der Waals surface area contributed by atoms with E-state index in [2.05, 4.69) is 14.7 Å². The number of H-pyrrole nitrogens is 1. The first kappa shape index (κ1) is 20.8. The Kier molecular flexibility index (Phi) is 6.21. The highest BCUT2D eigenvalue weighted by Gasteiger charge is 2.26. The number of nitrogens with zero attached hydrogens (tertiary/aromatic N) is 2. The molecule has 0 bridgehead atoms. The summed E-state index contributed by atoms with van der Waals surface area (Å²) in [5, 5.41) is 0. The van der Waals surface area contributed by atoms with E-state index in [0.717, 1.165) is 0 Å². The number of ether oxygens (including phenoxy) is 1. The van der Waals surface area contributed by atoms with E-state index in [1.165, 1.54) is 6.20 Å². The molecule has 29 heavy (non-hydrogen) atoms. The van der Waals surface area contributed by atoms with E-state index in [1.807, 2.05) is 0 Å². The van der Waals surface area contributed by atoms with E-state index in [9.17, 15) is 18.0 Å². The van der Waals surface area contributed by atoms with E-state index in [0.29, 0.717) is 43.2 Å². The maximum atomic E-state index is 12.6. The minimum atomic E-state index is -3.35. The van der Waals surface area contributed by atoms with Crippen LogP contribution in [0, 0.1) is 6.92 Å². The van der Waals surface area contributed by atoms with Gasteiger partial charge in [0, 0.05) is 37.7 Å². The highest BCUT2D eigenvalue weighted by atomic mass is 32.2. The molecule has 0 aromatic carbocycles. The molecule has 1 saturated heterocycles. The van der Waals surface area contributed by atoms with Crippen LogP contribution in [0.25, 0.3) is 0 Å². The molecule has 2 N–H and O–H groups in total. The van der Waals surface area contributed by atoms with Gasteiger partial charge in [-0.25, -0.2) is 13.4 Å². The summed E-state index contributed by atoms with van der Waals surface area (Å²) < 4.78 is 31.4. The highest BCUT2D eigenvalue weighted by molar-refractivity contribution is 7.92. The number of aryl methyl sites for hydroxylation is 1. The Bertz CT molecular complexity index is 1030. The van der Waals surface area contributed by atoms with E-state index in [1.54, 1.807) is 43.0 Å². The summed E-state index contributed by atoms with van der Waals surface area (Å²) in [4.78, 5) is 33.0. The minimum Gasteiger partial charge on any atom is -0.474 e. The van der Waals surface area contributed by atoms with Gasteiger partial charge in [0.2, 0.25) is 15.9 Å². The van der Waals surface area contributed by atoms with Gasteiger partial charge in [0.25, 0.3) is 11.5 Å². The molecule has 0 saturated carbocycles. The van der Waals surface area contributed by atoms with Gasteiger partial charge >= 0.3 is 0 Å². The zero-order chi connectivity index (χ0) is 21.0. The van der Waals surface area contributed by atoms with Gasteiger partial charge in [0.1, 0.15) is 11.7 Å². The number of carbonyl (C=O) groups excluding carboxylic acids is 1. The Morgan fingerprint density at radius 1 is 1.28 bits per heavy atom. The van der Waals surface area contributed by atoms with Crippen molar-refractivity contribution in [2.75, 3.05) is 23.6 Å². The Labute approximate surface area is 169 Å². The Morgan fingerprint density at radius 2 is 2.00 bits per heavy atom. The number of carbonyl (C=O) groups is 1. The van der Waals surface area contributed by atoms with E-state index >= 15 is 0 Å². The third kappa shape index (κ3) is 5.35. The summed E-state index contributed by atoms with van der Waals surface area (Å²) in [5.74, 6) is 0.0939. The molecule has 1 aliphatic heterocycles. The van der Waals surface area contributed by atoms with Crippen LogP contribution in [-0.2, 0) is 10.0 Å². The number of sulfonamides is 1. The zero-order valence-electron chi connectivity index (χ0n) is 16.3. The molecule has 0 spiro atoms. The Morgan fingerprint density at radius 3 is 2.59 bits per heavy atom. The lowest BCUT2D eigenvalue weighted by molar-refractivity contribution is 0.0586. The lowest BCUT2D eigenvalue weighted by Gasteiger charge is -2.31. The van der Waals surface area contributed by atoms with Crippen molar-refractivity contribution in [1.82, 2.24) is 14.9 Å². The maximum Gasteiger partial charge on any atom is 0.260 e. The fraction of sp³-hybridized carbons (Fsp3) is 0.421. The van der Waals surface area contributed by atoms with Gasteiger partial charge in [-0.05, 0) is 32.0 Å². The second kappa shape index (κ2) is 8.64. The number of likely N-dealkylation sites (tertiary alicyclic amines) is 1. The van der Waals surface area contributed by atoms with Gasteiger partial charge in [0.05, 0.1) is 17.6 Å². The summed E-state index contributed by atoms with van der Waals surface area (Å²) >= 11 is 0. The van der Waals surface area contributed by atoms with Crippen LogP contribution in [0.2, 0.25) is 0 Å². The molecule has 2 aromatic rings. The SMILES string of the molecule is CCS(=O)(=O)Nc1ccc(OC2CCN(C(=O)c3ccc(C)[nH]c3=O)CC2)nc1. The maximum absolute atomic E-state index is 12.6. The number of aromatic amines is 1. The molecule has 0 atom stereocenters. The van der Waals surface area contributed by atoms with Crippen LogP contribution in [-0.4, -0.2) is 54.1 Å². The zero-order valence-corrected chi connectivity index (χ0v) is 17.2. The second-order valence-corrected chi connectivity index (χ2v) is 8.90. The van der Waals surface area contributed by atoms with Crippen LogP contribution < -0.4 is 15.0 Å². The molecule has 0 unspecified atom stereocenters. The molecule has 10 heteroatoms. The topological polar surface area (TPSA) is 121 Å². The van der Waals surface area contributed by atoms with Crippen LogP contribution in [0.4, 0.5) is 5.69 Å². The van der Waals surface area contributed by atoms with Crippen molar-refractivity contribution in [3.8, 4) is 5.88 Å². The largest absolute Gasteiger partial charge is 0.474 e. The first-order chi connectivity index (χ1) is 13.8.